The molecule has 0 rings (SSSR count). The van der Waals surface area contributed by atoms with Crippen molar-refractivity contribution in [1.82, 2.24) is 0 Å². The van der Waals surface area contributed by atoms with Crippen LogP contribution in [-0.4, -0.2) is 48.3 Å². The van der Waals surface area contributed by atoms with Gasteiger partial charge in [0.2, 0.25) is 0 Å². The van der Waals surface area contributed by atoms with Crippen LogP contribution in [0, 0.1) is 0 Å². The van der Waals surface area contributed by atoms with Gasteiger partial charge in [0.05, 0.1) is 0 Å². The number of alkyl halides is 1. The van der Waals surface area contributed by atoms with Gasteiger partial charge >= 0.3 is 0 Å². The van der Waals surface area contributed by atoms with Crippen molar-refractivity contribution in [3.63, 3.8) is 0 Å². The first kappa shape index (κ1) is 31.1. The van der Waals surface area contributed by atoms with E-state index in [1.165, 1.54) is 51.4 Å². The molecule has 0 bridgehead atoms. The van der Waals surface area contributed by atoms with Crippen LogP contribution >= 0.6 is 15.9 Å². The molecular formula is C26H51BrO4. The normalized spacial score (nSPS) is 11.9. The van der Waals surface area contributed by atoms with E-state index in [1.807, 2.05) is 0 Å². The van der Waals surface area contributed by atoms with E-state index in [4.69, 9.17) is 19.7 Å². The van der Waals surface area contributed by atoms with Crippen LogP contribution in [0.15, 0.2) is 12.2 Å². The zero-order valence-electron chi connectivity index (χ0n) is 20.1. The Morgan fingerprint density at radius 3 is 1.55 bits per heavy atom. The molecule has 0 saturated heterocycles. The summed E-state index contributed by atoms with van der Waals surface area (Å²) in [5, 5.41) is 18.8. The quantitative estimate of drug-likeness (QED) is 0.0558. The summed E-state index contributed by atoms with van der Waals surface area (Å²) in [7, 11) is 0. The molecule has 0 aromatic rings. The molecule has 4 nitrogen and oxygen atoms in total. The van der Waals surface area contributed by atoms with Crippen LogP contribution in [0.5, 0.6) is 0 Å². The van der Waals surface area contributed by atoms with E-state index in [9.17, 15) is 0 Å². The zero-order chi connectivity index (χ0) is 22.7. The highest BCUT2D eigenvalue weighted by Crippen LogP contribution is 2.14. The van der Waals surface area contributed by atoms with E-state index in [0.29, 0.717) is 0 Å². The van der Waals surface area contributed by atoms with Crippen molar-refractivity contribution in [1.29, 1.82) is 0 Å². The van der Waals surface area contributed by atoms with Gasteiger partial charge in [-0.05, 0) is 57.8 Å². The molecule has 0 unspecified atom stereocenters. The summed E-state index contributed by atoms with van der Waals surface area (Å²) in [6, 6.07) is 0. The lowest BCUT2D eigenvalue weighted by Gasteiger charge is -2.19. The van der Waals surface area contributed by atoms with Crippen molar-refractivity contribution in [2.75, 3.05) is 31.8 Å². The molecule has 0 fully saturated rings. The summed E-state index contributed by atoms with van der Waals surface area (Å²) < 4.78 is 12.0. The third-order valence-corrected chi connectivity index (χ3v) is 5.92. The van der Waals surface area contributed by atoms with Gasteiger partial charge in [-0.25, -0.2) is 0 Å². The summed E-state index contributed by atoms with van der Waals surface area (Å²) >= 11 is 3.45. The van der Waals surface area contributed by atoms with Gasteiger partial charge < -0.3 is 19.7 Å². The number of hydrogen-bond donors (Lipinski definition) is 2. The van der Waals surface area contributed by atoms with Gasteiger partial charge in [0, 0.05) is 31.8 Å². The molecule has 5 heteroatoms. The number of rotatable bonds is 26. The van der Waals surface area contributed by atoms with Crippen LogP contribution < -0.4 is 0 Å². The third-order valence-electron chi connectivity index (χ3n) is 5.47. The maximum atomic E-state index is 8.86. The SMILES string of the molecule is OCCCCCCOC(CCCCCCCCC/C=C\CCBr)OCCCCCCO. The number of unbranched alkanes of at least 4 members (excludes halogenated alkanes) is 13. The van der Waals surface area contributed by atoms with Gasteiger partial charge in [0.25, 0.3) is 0 Å². The second-order valence-corrected chi connectivity index (χ2v) is 9.24. The lowest BCUT2D eigenvalue weighted by atomic mass is 10.1. The zero-order valence-corrected chi connectivity index (χ0v) is 21.7. The van der Waals surface area contributed by atoms with Crippen molar-refractivity contribution < 1.29 is 19.7 Å². The topological polar surface area (TPSA) is 58.9 Å². The smallest absolute Gasteiger partial charge is 0.157 e. The number of aliphatic hydroxyl groups is 2. The predicted molar refractivity (Wildman–Crippen MR) is 136 cm³/mol. The number of halogens is 1. The molecule has 186 valence electrons. The molecule has 31 heavy (non-hydrogen) atoms. The molecule has 0 atom stereocenters. The Hall–Kier alpha value is 0.0600. The Kier molecular flexibility index (Phi) is 28.1. The van der Waals surface area contributed by atoms with Gasteiger partial charge in [-0.2, -0.15) is 0 Å². The molecule has 0 aromatic carbocycles. The fourth-order valence-electron chi connectivity index (χ4n) is 3.53. The Morgan fingerprint density at radius 2 is 1.00 bits per heavy atom. The van der Waals surface area contributed by atoms with Crippen LogP contribution in [0.4, 0.5) is 0 Å². The number of ether oxygens (including phenoxy) is 2. The maximum absolute atomic E-state index is 8.86. The minimum atomic E-state index is -0.0676. The monoisotopic (exact) mass is 506 g/mol. The first-order valence-electron chi connectivity index (χ1n) is 13.0. The number of aliphatic hydroxyl groups excluding tert-OH is 2. The first-order chi connectivity index (χ1) is 15.3. The van der Waals surface area contributed by atoms with Gasteiger partial charge in [-0.15, -0.1) is 0 Å². The van der Waals surface area contributed by atoms with E-state index >= 15 is 0 Å². The van der Waals surface area contributed by atoms with Crippen molar-refractivity contribution in [2.45, 2.75) is 122 Å². The van der Waals surface area contributed by atoms with E-state index < -0.39 is 0 Å². The van der Waals surface area contributed by atoms with Crippen molar-refractivity contribution in [3.8, 4) is 0 Å². The number of allylic oxidation sites excluding steroid dienone is 2. The maximum Gasteiger partial charge on any atom is 0.157 e. The van der Waals surface area contributed by atoms with Crippen LogP contribution in [0.1, 0.15) is 116 Å². The molecule has 0 aromatic heterocycles. The average Bonchev–Trinajstić information content (AvgIpc) is 2.78. The molecule has 0 saturated carbocycles. The Balaban J connectivity index is 3.75. The highest BCUT2D eigenvalue weighted by molar-refractivity contribution is 9.09. The van der Waals surface area contributed by atoms with E-state index in [1.54, 1.807) is 0 Å². The van der Waals surface area contributed by atoms with Crippen molar-refractivity contribution in [3.05, 3.63) is 12.2 Å². The molecular weight excluding hydrogens is 456 g/mol. The predicted octanol–water partition coefficient (Wildman–Crippen LogP) is 7.30. The Bertz CT molecular complexity index is 336. The molecule has 0 aliphatic rings. The van der Waals surface area contributed by atoms with Gasteiger partial charge in [0.1, 0.15) is 0 Å². The van der Waals surface area contributed by atoms with Gasteiger partial charge in [0.15, 0.2) is 6.29 Å². The fourth-order valence-corrected chi connectivity index (χ4v) is 3.80. The lowest BCUT2D eigenvalue weighted by Crippen LogP contribution is -2.19. The molecule has 0 aliphatic carbocycles. The minimum Gasteiger partial charge on any atom is -0.396 e. The second-order valence-electron chi connectivity index (χ2n) is 8.45. The average molecular weight is 508 g/mol. The van der Waals surface area contributed by atoms with Crippen LogP contribution in [0.3, 0.4) is 0 Å². The molecule has 2 N–H and O–H groups in total. The first-order valence-corrected chi connectivity index (χ1v) is 14.1. The van der Waals surface area contributed by atoms with Gasteiger partial charge in [-0.3, -0.25) is 0 Å². The summed E-state index contributed by atoms with van der Waals surface area (Å²) in [4.78, 5) is 0. The standard InChI is InChI=1S/C26H51BrO4/c27-21-15-9-7-5-3-1-2-4-6-8-14-20-26(30-24-18-12-10-16-22-28)31-25-19-13-11-17-23-29/h7,9,26,28-29H,1-6,8,10-25H2/b9-7-. The van der Waals surface area contributed by atoms with Crippen LogP contribution in [0.25, 0.3) is 0 Å². The van der Waals surface area contributed by atoms with E-state index in [-0.39, 0.29) is 19.5 Å². The van der Waals surface area contributed by atoms with Crippen LogP contribution in [-0.2, 0) is 9.47 Å². The summed E-state index contributed by atoms with van der Waals surface area (Å²) in [5.74, 6) is 0. The van der Waals surface area contributed by atoms with E-state index in [2.05, 4.69) is 28.1 Å². The largest absolute Gasteiger partial charge is 0.396 e. The lowest BCUT2D eigenvalue weighted by molar-refractivity contribution is -0.148. The van der Waals surface area contributed by atoms with E-state index in [0.717, 1.165) is 82.8 Å². The second kappa shape index (κ2) is 28.1. The highest BCUT2D eigenvalue weighted by Gasteiger charge is 2.09. The fraction of sp³-hybridized carbons (Fsp3) is 0.923. The molecule has 0 heterocycles. The summed E-state index contributed by atoms with van der Waals surface area (Å²) in [5.41, 5.74) is 0. The summed E-state index contributed by atoms with van der Waals surface area (Å²) in [6.45, 7) is 2.09. The molecule has 0 amide bonds. The highest BCUT2D eigenvalue weighted by atomic mass is 79.9. The summed E-state index contributed by atoms with van der Waals surface area (Å²) in [6.07, 6.45) is 25.2. The Morgan fingerprint density at radius 1 is 0.548 bits per heavy atom. The van der Waals surface area contributed by atoms with Gasteiger partial charge in [-0.1, -0.05) is 85.9 Å². The Labute approximate surface area is 201 Å². The van der Waals surface area contributed by atoms with Crippen molar-refractivity contribution >= 4 is 15.9 Å². The third kappa shape index (κ3) is 26.2. The molecule has 0 spiro atoms. The van der Waals surface area contributed by atoms with Crippen molar-refractivity contribution in [2.24, 2.45) is 0 Å². The molecule has 0 radical (unpaired) electrons. The minimum absolute atomic E-state index is 0.0676. The van der Waals surface area contributed by atoms with Crippen LogP contribution in [0.2, 0.25) is 0 Å². The number of hydrogen-bond acceptors (Lipinski definition) is 4. The molecule has 0 aliphatic heterocycles.